The van der Waals surface area contributed by atoms with E-state index in [1.165, 1.54) is 12.1 Å². The lowest BCUT2D eigenvalue weighted by molar-refractivity contribution is 0.628. The topological polar surface area (TPSA) is 96.3 Å². The SMILES string of the molecule is Nc1cncc(-c2ccc3[nH]nc(-c4cc5c(-c6ccc(F)cc6)ccnc5[nH]4)c3c2)c1. The summed E-state index contributed by atoms with van der Waals surface area (Å²) in [6.07, 6.45) is 5.16. The third-order valence-electron chi connectivity index (χ3n) is 5.60. The Bertz CT molecular complexity index is 1600. The number of benzene rings is 2. The van der Waals surface area contributed by atoms with Gasteiger partial charge in [0.15, 0.2) is 0 Å². The third-order valence-corrected chi connectivity index (χ3v) is 5.60. The van der Waals surface area contributed by atoms with E-state index in [4.69, 9.17) is 5.73 Å². The molecular formula is C25H17FN6. The maximum absolute atomic E-state index is 13.4. The fourth-order valence-electron chi connectivity index (χ4n) is 4.05. The highest BCUT2D eigenvalue weighted by Crippen LogP contribution is 2.34. The summed E-state index contributed by atoms with van der Waals surface area (Å²) in [6.45, 7) is 0. The van der Waals surface area contributed by atoms with Crippen molar-refractivity contribution < 1.29 is 4.39 Å². The Kier molecular flexibility index (Phi) is 4.01. The molecule has 154 valence electrons. The molecule has 32 heavy (non-hydrogen) atoms. The van der Waals surface area contributed by atoms with E-state index < -0.39 is 0 Å². The van der Waals surface area contributed by atoms with E-state index in [0.29, 0.717) is 5.69 Å². The molecule has 0 amide bonds. The quantitative estimate of drug-likeness (QED) is 0.349. The van der Waals surface area contributed by atoms with Gasteiger partial charge < -0.3 is 10.7 Å². The zero-order valence-corrected chi connectivity index (χ0v) is 16.8. The standard InChI is InChI=1S/C25H17FN6/c26-17-4-1-14(2-5-17)19-7-8-29-25-20(19)11-23(30-25)24-21-10-15(3-6-22(21)31-32-24)16-9-18(27)13-28-12-16/h1-13H,27H2,(H,29,30)(H,31,32). The van der Waals surface area contributed by atoms with E-state index in [-0.39, 0.29) is 5.82 Å². The Labute approximate surface area is 182 Å². The molecule has 0 bridgehead atoms. The van der Waals surface area contributed by atoms with Gasteiger partial charge >= 0.3 is 0 Å². The van der Waals surface area contributed by atoms with Gasteiger partial charge in [0.25, 0.3) is 0 Å². The zero-order valence-electron chi connectivity index (χ0n) is 16.8. The first-order chi connectivity index (χ1) is 15.7. The molecule has 4 aromatic heterocycles. The normalized spacial score (nSPS) is 11.4. The lowest BCUT2D eigenvalue weighted by Gasteiger charge is -2.03. The Morgan fingerprint density at radius 2 is 1.66 bits per heavy atom. The van der Waals surface area contributed by atoms with Crippen LogP contribution in [0.5, 0.6) is 0 Å². The number of nitrogen functional groups attached to an aromatic ring is 1. The number of rotatable bonds is 3. The van der Waals surface area contributed by atoms with Crippen LogP contribution in [0.15, 0.2) is 79.3 Å². The van der Waals surface area contributed by atoms with Crippen LogP contribution in [0.2, 0.25) is 0 Å². The van der Waals surface area contributed by atoms with Gasteiger partial charge in [0, 0.05) is 34.9 Å². The van der Waals surface area contributed by atoms with Crippen LogP contribution in [0.1, 0.15) is 0 Å². The van der Waals surface area contributed by atoms with Crippen molar-refractivity contribution in [1.29, 1.82) is 0 Å². The van der Waals surface area contributed by atoms with Crippen molar-refractivity contribution in [2.45, 2.75) is 0 Å². The predicted molar refractivity (Wildman–Crippen MR) is 124 cm³/mol. The summed E-state index contributed by atoms with van der Waals surface area (Å²) < 4.78 is 13.4. The van der Waals surface area contributed by atoms with E-state index in [0.717, 1.165) is 55.6 Å². The minimum absolute atomic E-state index is 0.261. The van der Waals surface area contributed by atoms with Crippen LogP contribution in [0.4, 0.5) is 10.1 Å². The van der Waals surface area contributed by atoms with Crippen LogP contribution in [0, 0.1) is 5.82 Å². The monoisotopic (exact) mass is 420 g/mol. The van der Waals surface area contributed by atoms with E-state index in [2.05, 4.69) is 31.2 Å². The summed E-state index contributed by atoms with van der Waals surface area (Å²) in [7, 11) is 0. The van der Waals surface area contributed by atoms with Crippen molar-refractivity contribution in [3.05, 3.63) is 85.1 Å². The molecule has 4 N–H and O–H groups in total. The molecule has 0 aliphatic carbocycles. The zero-order chi connectivity index (χ0) is 21.7. The Hall–Kier alpha value is -4.52. The fourth-order valence-corrected chi connectivity index (χ4v) is 4.05. The second kappa shape index (κ2) is 7.02. The number of pyridine rings is 2. The first kappa shape index (κ1) is 18.3. The molecule has 0 radical (unpaired) electrons. The summed E-state index contributed by atoms with van der Waals surface area (Å²) in [4.78, 5) is 12.1. The highest BCUT2D eigenvalue weighted by atomic mass is 19.1. The van der Waals surface area contributed by atoms with Crippen LogP contribution >= 0.6 is 0 Å². The number of H-pyrrole nitrogens is 2. The molecule has 0 saturated carbocycles. The highest BCUT2D eigenvalue weighted by molar-refractivity contribution is 6.00. The molecule has 0 unspecified atom stereocenters. The molecule has 2 aromatic carbocycles. The largest absolute Gasteiger partial charge is 0.397 e. The van der Waals surface area contributed by atoms with Gasteiger partial charge in [-0.25, -0.2) is 9.37 Å². The minimum Gasteiger partial charge on any atom is -0.397 e. The average molecular weight is 420 g/mol. The van der Waals surface area contributed by atoms with E-state index in [1.807, 2.05) is 30.3 Å². The molecule has 0 atom stereocenters. The lowest BCUT2D eigenvalue weighted by Crippen LogP contribution is -1.87. The van der Waals surface area contributed by atoms with Gasteiger partial charge in [-0.2, -0.15) is 5.10 Å². The van der Waals surface area contributed by atoms with Crippen molar-refractivity contribution in [3.8, 4) is 33.6 Å². The van der Waals surface area contributed by atoms with Crippen molar-refractivity contribution in [1.82, 2.24) is 25.1 Å². The van der Waals surface area contributed by atoms with E-state index in [9.17, 15) is 4.39 Å². The van der Waals surface area contributed by atoms with Gasteiger partial charge in [0.05, 0.1) is 16.9 Å². The van der Waals surface area contributed by atoms with Gasteiger partial charge in [-0.1, -0.05) is 18.2 Å². The molecule has 0 aliphatic heterocycles. The number of fused-ring (bicyclic) bond motifs is 2. The molecule has 4 heterocycles. The highest BCUT2D eigenvalue weighted by Gasteiger charge is 2.15. The van der Waals surface area contributed by atoms with E-state index in [1.54, 1.807) is 30.7 Å². The molecule has 0 fully saturated rings. The summed E-state index contributed by atoms with van der Waals surface area (Å²) in [5.41, 5.74) is 13.7. The predicted octanol–water partition coefficient (Wildman–Crippen LogP) is 5.56. The molecule has 6 rings (SSSR count). The van der Waals surface area contributed by atoms with Crippen molar-refractivity contribution in [2.24, 2.45) is 0 Å². The maximum atomic E-state index is 13.4. The average Bonchev–Trinajstić information content (AvgIpc) is 3.43. The second-order valence-corrected chi connectivity index (χ2v) is 7.65. The first-order valence-corrected chi connectivity index (χ1v) is 10.1. The Balaban J connectivity index is 1.50. The van der Waals surface area contributed by atoms with Crippen molar-refractivity contribution in [3.63, 3.8) is 0 Å². The number of hydrogen-bond acceptors (Lipinski definition) is 4. The maximum Gasteiger partial charge on any atom is 0.138 e. The van der Waals surface area contributed by atoms with Crippen molar-refractivity contribution in [2.75, 3.05) is 5.73 Å². The summed E-state index contributed by atoms with van der Waals surface area (Å²) in [6, 6.07) is 18.4. The number of anilines is 1. The van der Waals surface area contributed by atoms with Crippen LogP contribution in [-0.2, 0) is 0 Å². The van der Waals surface area contributed by atoms with Crippen LogP contribution in [-0.4, -0.2) is 25.1 Å². The first-order valence-electron chi connectivity index (χ1n) is 10.1. The third kappa shape index (κ3) is 2.99. The summed E-state index contributed by atoms with van der Waals surface area (Å²) >= 11 is 0. The molecule has 0 saturated heterocycles. The molecule has 7 heteroatoms. The van der Waals surface area contributed by atoms with Crippen molar-refractivity contribution >= 4 is 27.6 Å². The number of nitrogens with one attached hydrogen (secondary N) is 2. The van der Waals surface area contributed by atoms with E-state index >= 15 is 0 Å². The molecule has 6 aromatic rings. The smallest absolute Gasteiger partial charge is 0.138 e. The van der Waals surface area contributed by atoms with Crippen LogP contribution in [0.3, 0.4) is 0 Å². The Morgan fingerprint density at radius 1 is 0.812 bits per heavy atom. The van der Waals surface area contributed by atoms with Crippen LogP contribution in [0.25, 0.3) is 55.6 Å². The number of hydrogen-bond donors (Lipinski definition) is 3. The van der Waals surface area contributed by atoms with Gasteiger partial charge in [-0.3, -0.25) is 10.1 Å². The number of aromatic nitrogens is 5. The summed E-state index contributed by atoms with van der Waals surface area (Å²) in [5.74, 6) is -0.261. The molecule has 6 nitrogen and oxygen atoms in total. The molecule has 0 spiro atoms. The number of nitrogens with two attached hydrogens (primary N) is 1. The Morgan fingerprint density at radius 3 is 2.50 bits per heavy atom. The van der Waals surface area contributed by atoms with Crippen LogP contribution < -0.4 is 5.73 Å². The number of aromatic amines is 2. The lowest BCUT2D eigenvalue weighted by atomic mass is 10.0. The molecular weight excluding hydrogens is 403 g/mol. The van der Waals surface area contributed by atoms with Gasteiger partial charge in [-0.05, 0) is 59.2 Å². The van der Waals surface area contributed by atoms with Gasteiger partial charge in [0.2, 0.25) is 0 Å². The van der Waals surface area contributed by atoms with Gasteiger partial charge in [-0.15, -0.1) is 0 Å². The summed E-state index contributed by atoms with van der Waals surface area (Å²) in [5, 5.41) is 9.57. The second-order valence-electron chi connectivity index (χ2n) is 7.65. The number of nitrogens with zero attached hydrogens (tertiary/aromatic N) is 3. The molecule has 0 aliphatic rings. The van der Waals surface area contributed by atoms with Gasteiger partial charge in [0.1, 0.15) is 17.2 Å². The number of halogens is 1. The fraction of sp³-hybridized carbons (Fsp3) is 0. The minimum atomic E-state index is -0.261.